The molecule has 0 spiro atoms. The van der Waals surface area contributed by atoms with Gasteiger partial charge < -0.3 is 15.5 Å². The summed E-state index contributed by atoms with van der Waals surface area (Å²) in [5.41, 5.74) is 2.09. The summed E-state index contributed by atoms with van der Waals surface area (Å²) >= 11 is 0. The number of fused-ring (bicyclic) bond motifs is 1. The van der Waals surface area contributed by atoms with E-state index in [0.717, 1.165) is 22.1 Å². The standard InChI is InChI=1S/C21H21N3O2/c1-24(2)21(26)16-9-5-10-17(13-16)22-14-20(25)23-19-12-6-8-15-7-3-4-11-18(15)19/h3-13,22H,14H2,1-2H3,(H,23,25). The van der Waals surface area contributed by atoms with Gasteiger partial charge in [0.15, 0.2) is 0 Å². The summed E-state index contributed by atoms with van der Waals surface area (Å²) in [5, 5.41) is 8.08. The minimum atomic E-state index is -0.148. The molecule has 3 rings (SSSR count). The number of hydrogen-bond acceptors (Lipinski definition) is 3. The van der Waals surface area contributed by atoms with E-state index in [1.54, 1.807) is 32.3 Å². The molecule has 0 bridgehead atoms. The molecule has 0 heterocycles. The molecule has 0 aliphatic carbocycles. The molecule has 5 heteroatoms. The number of nitrogens with zero attached hydrogens (tertiary/aromatic N) is 1. The minimum Gasteiger partial charge on any atom is -0.376 e. The van der Waals surface area contributed by atoms with Crippen molar-refractivity contribution in [1.29, 1.82) is 0 Å². The van der Waals surface area contributed by atoms with Crippen LogP contribution in [0.25, 0.3) is 10.8 Å². The van der Waals surface area contributed by atoms with E-state index in [1.807, 2.05) is 48.5 Å². The van der Waals surface area contributed by atoms with Crippen molar-refractivity contribution in [1.82, 2.24) is 4.90 Å². The van der Waals surface area contributed by atoms with Gasteiger partial charge in [-0.15, -0.1) is 0 Å². The van der Waals surface area contributed by atoms with E-state index in [0.29, 0.717) is 5.56 Å². The minimum absolute atomic E-state index is 0.0751. The molecular formula is C21H21N3O2. The number of benzene rings is 3. The first-order valence-corrected chi connectivity index (χ1v) is 8.38. The molecule has 2 N–H and O–H groups in total. The van der Waals surface area contributed by atoms with E-state index in [-0.39, 0.29) is 18.4 Å². The number of anilines is 2. The molecule has 3 aromatic rings. The summed E-state index contributed by atoms with van der Waals surface area (Å²) < 4.78 is 0. The van der Waals surface area contributed by atoms with E-state index in [1.165, 1.54) is 4.90 Å². The molecule has 0 saturated heterocycles. The Kier molecular flexibility index (Phi) is 5.17. The summed E-state index contributed by atoms with van der Waals surface area (Å²) in [7, 11) is 3.42. The van der Waals surface area contributed by atoms with Gasteiger partial charge in [-0.1, -0.05) is 42.5 Å². The van der Waals surface area contributed by atoms with Gasteiger partial charge in [-0.25, -0.2) is 0 Å². The van der Waals surface area contributed by atoms with E-state index in [2.05, 4.69) is 10.6 Å². The SMILES string of the molecule is CN(C)C(=O)c1cccc(NCC(=O)Nc2cccc3ccccc23)c1. The molecule has 0 aliphatic rings. The van der Waals surface area contributed by atoms with Crippen LogP contribution in [-0.2, 0) is 4.79 Å². The summed E-state index contributed by atoms with van der Waals surface area (Å²) in [5.74, 6) is -0.223. The number of nitrogens with one attached hydrogen (secondary N) is 2. The maximum absolute atomic E-state index is 12.3. The van der Waals surface area contributed by atoms with E-state index in [9.17, 15) is 9.59 Å². The van der Waals surface area contributed by atoms with Gasteiger partial charge in [0.05, 0.1) is 6.54 Å². The molecule has 5 nitrogen and oxygen atoms in total. The third-order valence-corrected chi connectivity index (χ3v) is 4.03. The van der Waals surface area contributed by atoms with Crippen LogP contribution in [0.5, 0.6) is 0 Å². The third-order valence-electron chi connectivity index (χ3n) is 4.03. The highest BCUT2D eigenvalue weighted by Crippen LogP contribution is 2.22. The van der Waals surface area contributed by atoms with Crippen molar-refractivity contribution in [3.63, 3.8) is 0 Å². The lowest BCUT2D eigenvalue weighted by Gasteiger charge is -2.13. The quantitative estimate of drug-likeness (QED) is 0.741. The number of amides is 2. The van der Waals surface area contributed by atoms with Gasteiger partial charge >= 0.3 is 0 Å². The Balaban J connectivity index is 1.66. The Morgan fingerprint density at radius 2 is 1.65 bits per heavy atom. The van der Waals surface area contributed by atoms with Gasteiger partial charge in [0.1, 0.15) is 0 Å². The van der Waals surface area contributed by atoms with Gasteiger partial charge in [-0.05, 0) is 29.7 Å². The Hall–Kier alpha value is -3.34. The molecule has 0 saturated carbocycles. The predicted molar refractivity (Wildman–Crippen MR) is 106 cm³/mol. The van der Waals surface area contributed by atoms with Crippen molar-refractivity contribution < 1.29 is 9.59 Å². The Labute approximate surface area is 152 Å². The molecule has 0 unspecified atom stereocenters. The second kappa shape index (κ2) is 7.70. The van der Waals surface area contributed by atoms with Crippen molar-refractivity contribution in [3.05, 3.63) is 72.3 Å². The highest BCUT2D eigenvalue weighted by atomic mass is 16.2. The fourth-order valence-corrected chi connectivity index (χ4v) is 2.73. The molecular weight excluding hydrogens is 326 g/mol. The predicted octanol–water partition coefficient (Wildman–Crippen LogP) is 3.59. The van der Waals surface area contributed by atoms with Crippen LogP contribution < -0.4 is 10.6 Å². The highest BCUT2D eigenvalue weighted by molar-refractivity contribution is 6.03. The number of carbonyl (C=O) groups is 2. The van der Waals surface area contributed by atoms with E-state index >= 15 is 0 Å². The fraction of sp³-hybridized carbons (Fsp3) is 0.143. The lowest BCUT2D eigenvalue weighted by molar-refractivity contribution is -0.114. The van der Waals surface area contributed by atoms with Crippen molar-refractivity contribution in [2.45, 2.75) is 0 Å². The molecule has 0 atom stereocenters. The first-order chi connectivity index (χ1) is 12.5. The van der Waals surface area contributed by atoms with Crippen LogP contribution in [0.15, 0.2) is 66.7 Å². The maximum atomic E-state index is 12.3. The zero-order valence-corrected chi connectivity index (χ0v) is 14.8. The van der Waals surface area contributed by atoms with Crippen molar-refractivity contribution in [2.24, 2.45) is 0 Å². The Morgan fingerprint density at radius 1 is 0.923 bits per heavy atom. The van der Waals surface area contributed by atoms with Crippen molar-refractivity contribution in [2.75, 3.05) is 31.3 Å². The first-order valence-electron chi connectivity index (χ1n) is 8.38. The summed E-state index contributed by atoms with van der Waals surface area (Å²) in [4.78, 5) is 25.8. The third kappa shape index (κ3) is 4.00. The van der Waals surface area contributed by atoms with Gasteiger partial charge in [-0.3, -0.25) is 9.59 Å². The van der Waals surface area contributed by atoms with E-state index in [4.69, 9.17) is 0 Å². The maximum Gasteiger partial charge on any atom is 0.253 e. The Bertz CT molecular complexity index is 945. The molecule has 3 aromatic carbocycles. The normalized spacial score (nSPS) is 10.4. The van der Waals surface area contributed by atoms with Gasteiger partial charge in [0.2, 0.25) is 5.91 Å². The van der Waals surface area contributed by atoms with Crippen LogP contribution in [-0.4, -0.2) is 37.4 Å². The van der Waals surface area contributed by atoms with Crippen LogP contribution in [0.2, 0.25) is 0 Å². The molecule has 2 amide bonds. The largest absolute Gasteiger partial charge is 0.376 e. The molecule has 26 heavy (non-hydrogen) atoms. The number of rotatable bonds is 5. The highest BCUT2D eigenvalue weighted by Gasteiger charge is 2.09. The molecule has 132 valence electrons. The lowest BCUT2D eigenvalue weighted by atomic mass is 10.1. The second-order valence-electron chi connectivity index (χ2n) is 6.21. The topological polar surface area (TPSA) is 61.4 Å². The summed E-state index contributed by atoms with van der Waals surface area (Å²) in [6.45, 7) is 0.114. The first kappa shape index (κ1) is 17.5. The average molecular weight is 347 g/mol. The molecule has 0 radical (unpaired) electrons. The van der Waals surface area contributed by atoms with Gasteiger partial charge in [0, 0.05) is 36.4 Å². The number of hydrogen-bond donors (Lipinski definition) is 2. The zero-order chi connectivity index (χ0) is 18.5. The number of carbonyl (C=O) groups excluding carboxylic acids is 2. The second-order valence-corrected chi connectivity index (χ2v) is 6.21. The summed E-state index contributed by atoms with van der Waals surface area (Å²) in [6.07, 6.45) is 0. The fourth-order valence-electron chi connectivity index (χ4n) is 2.73. The van der Waals surface area contributed by atoms with Crippen molar-refractivity contribution >= 4 is 34.0 Å². The zero-order valence-electron chi connectivity index (χ0n) is 14.8. The van der Waals surface area contributed by atoms with Gasteiger partial charge in [-0.2, -0.15) is 0 Å². The van der Waals surface area contributed by atoms with Gasteiger partial charge in [0.25, 0.3) is 5.91 Å². The van der Waals surface area contributed by atoms with Crippen molar-refractivity contribution in [3.8, 4) is 0 Å². The van der Waals surface area contributed by atoms with Crippen LogP contribution in [0, 0.1) is 0 Å². The molecule has 0 aliphatic heterocycles. The van der Waals surface area contributed by atoms with Crippen LogP contribution in [0.1, 0.15) is 10.4 Å². The van der Waals surface area contributed by atoms with Crippen LogP contribution in [0.3, 0.4) is 0 Å². The Morgan fingerprint density at radius 3 is 2.46 bits per heavy atom. The monoisotopic (exact) mass is 347 g/mol. The summed E-state index contributed by atoms with van der Waals surface area (Å²) in [6, 6.07) is 20.8. The average Bonchev–Trinajstić information content (AvgIpc) is 2.66. The molecule has 0 fully saturated rings. The molecule has 0 aromatic heterocycles. The smallest absolute Gasteiger partial charge is 0.253 e. The van der Waals surface area contributed by atoms with Crippen LogP contribution >= 0.6 is 0 Å². The van der Waals surface area contributed by atoms with Crippen LogP contribution in [0.4, 0.5) is 11.4 Å². The van der Waals surface area contributed by atoms with E-state index < -0.39 is 0 Å². The lowest BCUT2D eigenvalue weighted by Crippen LogP contribution is -2.23.